The minimum Gasteiger partial charge on any atom is -0.0622 e. The standard InChI is InChI=1S/C65H40/c1-2-19-42(20-3-1)62-53-25-6-7-26-54(53)63(51-32-14-21-41-18-4-5-22-44(41)51)57-40-43(38-39-55(57)62)45-28-15-30-47-46(45)29-16-31-48(47)52-33-17-37-61-64(52)56-27-10-13-36-60(56)65(61)58-34-11-8-23-49(58)50-24-9-12-35-59(50)65/h1-40H. The lowest BCUT2D eigenvalue weighted by Gasteiger charge is -2.30. The molecular formula is C65H40. The van der Waals surface area contributed by atoms with Crippen molar-refractivity contribution in [2.45, 2.75) is 5.41 Å². The molecule has 0 amide bonds. The fourth-order valence-corrected chi connectivity index (χ4v) is 12.2. The summed E-state index contributed by atoms with van der Waals surface area (Å²) in [6, 6.07) is 90.9. The third kappa shape index (κ3) is 4.97. The van der Waals surface area contributed by atoms with Crippen molar-refractivity contribution < 1.29 is 0 Å². The van der Waals surface area contributed by atoms with Gasteiger partial charge in [-0.15, -0.1) is 0 Å². The molecule has 0 aromatic heterocycles. The van der Waals surface area contributed by atoms with Gasteiger partial charge in [0.1, 0.15) is 0 Å². The average molecular weight is 821 g/mol. The molecule has 0 atom stereocenters. The number of rotatable bonds is 4. The maximum atomic E-state index is 2.47. The summed E-state index contributed by atoms with van der Waals surface area (Å²) < 4.78 is 0. The quantitative estimate of drug-likeness (QED) is 0.155. The van der Waals surface area contributed by atoms with Crippen molar-refractivity contribution in [3.63, 3.8) is 0 Å². The minimum absolute atomic E-state index is 0.388. The second-order valence-corrected chi connectivity index (χ2v) is 17.8. The first kappa shape index (κ1) is 36.2. The fourth-order valence-electron chi connectivity index (χ4n) is 12.2. The van der Waals surface area contributed by atoms with Crippen LogP contribution in [0.3, 0.4) is 0 Å². The molecule has 0 heteroatoms. The molecule has 12 aromatic rings. The van der Waals surface area contributed by atoms with Gasteiger partial charge >= 0.3 is 0 Å². The van der Waals surface area contributed by atoms with Gasteiger partial charge in [0.05, 0.1) is 5.41 Å². The highest BCUT2D eigenvalue weighted by Crippen LogP contribution is 2.64. The lowest BCUT2D eigenvalue weighted by molar-refractivity contribution is 0.794. The van der Waals surface area contributed by atoms with E-state index in [1.165, 1.54) is 132 Å². The van der Waals surface area contributed by atoms with E-state index in [2.05, 4.69) is 243 Å². The van der Waals surface area contributed by atoms with Crippen molar-refractivity contribution >= 4 is 43.1 Å². The number of hydrogen-bond donors (Lipinski definition) is 0. The third-order valence-corrected chi connectivity index (χ3v) is 14.7. The Labute approximate surface area is 378 Å². The van der Waals surface area contributed by atoms with Crippen molar-refractivity contribution in [2.24, 2.45) is 0 Å². The molecule has 0 N–H and O–H groups in total. The van der Waals surface area contributed by atoms with E-state index in [1.54, 1.807) is 0 Å². The first-order valence-electron chi connectivity index (χ1n) is 22.8. The molecule has 0 nitrogen and oxygen atoms in total. The SMILES string of the molecule is c1ccc(-c2c3ccccc3c(-c3cccc4ccccc34)c3cc(-c4cccc5c(-c6cccc7c6-c6ccccc6C76c7ccccc7-c7ccccc76)cccc45)ccc23)cc1. The molecule has 65 heavy (non-hydrogen) atoms. The van der Waals surface area contributed by atoms with E-state index in [1.807, 2.05) is 0 Å². The van der Waals surface area contributed by atoms with Gasteiger partial charge in [-0.3, -0.25) is 0 Å². The molecule has 2 aliphatic carbocycles. The maximum absolute atomic E-state index is 2.47. The molecule has 0 bridgehead atoms. The third-order valence-electron chi connectivity index (χ3n) is 14.7. The van der Waals surface area contributed by atoms with Crippen LogP contribution < -0.4 is 0 Å². The zero-order valence-corrected chi connectivity index (χ0v) is 35.6. The molecule has 14 rings (SSSR count). The molecule has 0 aliphatic heterocycles. The second kappa shape index (κ2) is 13.8. The second-order valence-electron chi connectivity index (χ2n) is 17.8. The highest BCUT2D eigenvalue weighted by molar-refractivity contribution is 6.24. The normalized spacial score (nSPS) is 13.0. The van der Waals surface area contributed by atoms with E-state index >= 15 is 0 Å². The van der Waals surface area contributed by atoms with E-state index in [-0.39, 0.29) is 5.41 Å². The van der Waals surface area contributed by atoms with E-state index in [4.69, 9.17) is 0 Å². The highest BCUT2D eigenvalue weighted by atomic mass is 14.5. The van der Waals surface area contributed by atoms with Gasteiger partial charge in [-0.2, -0.15) is 0 Å². The molecule has 0 unspecified atom stereocenters. The summed E-state index contributed by atoms with van der Waals surface area (Å²) in [7, 11) is 0. The molecular weight excluding hydrogens is 781 g/mol. The number of benzene rings is 12. The van der Waals surface area contributed by atoms with Gasteiger partial charge in [0.15, 0.2) is 0 Å². The van der Waals surface area contributed by atoms with Crippen molar-refractivity contribution in [3.05, 3.63) is 265 Å². The van der Waals surface area contributed by atoms with Gasteiger partial charge in [-0.05, 0) is 138 Å². The zero-order valence-electron chi connectivity index (χ0n) is 35.6. The first-order valence-corrected chi connectivity index (χ1v) is 22.8. The van der Waals surface area contributed by atoms with Crippen LogP contribution in [0.25, 0.3) is 110 Å². The largest absolute Gasteiger partial charge is 0.0725 e. The summed E-state index contributed by atoms with van der Waals surface area (Å²) in [4.78, 5) is 0. The van der Waals surface area contributed by atoms with Crippen LogP contribution in [0.5, 0.6) is 0 Å². The molecule has 0 fully saturated rings. The van der Waals surface area contributed by atoms with Crippen molar-refractivity contribution in [1.82, 2.24) is 0 Å². The first-order chi connectivity index (χ1) is 32.3. The van der Waals surface area contributed by atoms with Crippen LogP contribution in [0.15, 0.2) is 243 Å². The van der Waals surface area contributed by atoms with Crippen LogP contribution in [-0.4, -0.2) is 0 Å². The summed E-state index contributed by atoms with van der Waals surface area (Å²) in [6.45, 7) is 0. The van der Waals surface area contributed by atoms with E-state index in [0.717, 1.165) is 0 Å². The van der Waals surface area contributed by atoms with Crippen LogP contribution >= 0.6 is 0 Å². The molecule has 300 valence electrons. The van der Waals surface area contributed by atoms with Crippen LogP contribution in [0, 0.1) is 0 Å². The Morgan fingerprint density at radius 2 is 0.662 bits per heavy atom. The zero-order chi connectivity index (χ0) is 42.6. The Kier molecular flexibility index (Phi) is 7.71. The lowest BCUT2D eigenvalue weighted by Crippen LogP contribution is -2.25. The Hall–Kier alpha value is -8.32. The van der Waals surface area contributed by atoms with E-state index in [9.17, 15) is 0 Å². The van der Waals surface area contributed by atoms with Gasteiger partial charge in [-0.25, -0.2) is 0 Å². The molecule has 12 aromatic carbocycles. The van der Waals surface area contributed by atoms with Gasteiger partial charge in [0, 0.05) is 0 Å². The predicted octanol–water partition coefficient (Wildman–Crippen LogP) is 17.3. The Balaban J connectivity index is 1.02. The Morgan fingerprint density at radius 3 is 1.42 bits per heavy atom. The van der Waals surface area contributed by atoms with Gasteiger partial charge < -0.3 is 0 Å². The van der Waals surface area contributed by atoms with Gasteiger partial charge in [0.25, 0.3) is 0 Å². The van der Waals surface area contributed by atoms with Gasteiger partial charge in [-0.1, -0.05) is 237 Å². The highest BCUT2D eigenvalue weighted by Gasteiger charge is 2.52. The van der Waals surface area contributed by atoms with Gasteiger partial charge in [0.2, 0.25) is 0 Å². The molecule has 0 saturated heterocycles. The van der Waals surface area contributed by atoms with Crippen LogP contribution in [0.2, 0.25) is 0 Å². The average Bonchev–Trinajstić information content (AvgIpc) is 3.85. The van der Waals surface area contributed by atoms with Crippen molar-refractivity contribution in [2.75, 3.05) is 0 Å². The Bertz CT molecular complexity index is 3890. The number of fused-ring (bicyclic) bond motifs is 14. The van der Waals surface area contributed by atoms with Crippen LogP contribution in [0.4, 0.5) is 0 Å². The summed E-state index contributed by atoms with van der Waals surface area (Å²) in [5, 5.41) is 10.0. The van der Waals surface area contributed by atoms with E-state index < -0.39 is 0 Å². The lowest BCUT2D eigenvalue weighted by atomic mass is 9.70. The molecule has 0 heterocycles. The Morgan fingerprint density at radius 1 is 0.200 bits per heavy atom. The molecule has 0 radical (unpaired) electrons. The summed E-state index contributed by atoms with van der Waals surface area (Å²) in [5.41, 5.74) is 20.4. The monoisotopic (exact) mass is 820 g/mol. The minimum atomic E-state index is -0.388. The number of hydrogen-bond acceptors (Lipinski definition) is 0. The topological polar surface area (TPSA) is 0 Å². The van der Waals surface area contributed by atoms with E-state index in [0.29, 0.717) is 0 Å². The maximum Gasteiger partial charge on any atom is 0.0725 e. The summed E-state index contributed by atoms with van der Waals surface area (Å²) in [6.07, 6.45) is 0. The molecule has 1 spiro atoms. The van der Waals surface area contributed by atoms with Crippen LogP contribution in [-0.2, 0) is 5.41 Å². The summed E-state index contributed by atoms with van der Waals surface area (Å²) in [5.74, 6) is 0. The molecule has 0 saturated carbocycles. The predicted molar refractivity (Wildman–Crippen MR) is 275 cm³/mol. The smallest absolute Gasteiger partial charge is 0.0622 e. The van der Waals surface area contributed by atoms with Crippen molar-refractivity contribution in [3.8, 4) is 66.8 Å². The summed E-state index contributed by atoms with van der Waals surface area (Å²) >= 11 is 0. The fraction of sp³-hybridized carbons (Fsp3) is 0.0154. The molecule has 2 aliphatic rings. The van der Waals surface area contributed by atoms with Crippen molar-refractivity contribution in [1.29, 1.82) is 0 Å². The van der Waals surface area contributed by atoms with Crippen LogP contribution in [0.1, 0.15) is 22.3 Å².